The lowest BCUT2D eigenvalue weighted by Gasteiger charge is -2.35. The molecule has 2 N–H and O–H groups in total. The van der Waals surface area contributed by atoms with Gasteiger partial charge in [0.25, 0.3) is 0 Å². The fourth-order valence-electron chi connectivity index (χ4n) is 4.57. The number of benzene rings is 3. The van der Waals surface area contributed by atoms with Crippen molar-refractivity contribution in [3.05, 3.63) is 87.5 Å². The summed E-state index contributed by atoms with van der Waals surface area (Å²) in [7, 11) is 0. The fourth-order valence-corrected chi connectivity index (χ4v) is 5.15. The van der Waals surface area contributed by atoms with E-state index in [2.05, 4.69) is 49.4 Å². The standard InChI is InChI=1S/C28H33F2IN4/c29-23-5-9-25(10-6-23)35(26-11-7-24(30)8-12-26)16-2-15-34-19-17-33(18-20-34)14-1-3-22-4-13-28(32)27(31)21-22/h4-13,21H,1-3,14-20,32H2. The van der Waals surface area contributed by atoms with Crippen molar-refractivity contribution < 1.29 is 8.78 Å². The van der Waals surface area contributed by atoms with Crippen LogP contribution in [0.1, 0.15) is 18.4 Å². The number of nitrogens with two attached hydrogens (primary N) is 1. The summed E-state index contributed by atoms with van der Waals surface area (Å²) in [4.78, 5) is 7.21. The van der Waals surface area contributed by atoms with E-state index in [0.29, 0.717) is 0 Å². The van der Waals surface area contributed by atoms with E-state index in [4.69, 9.17) is 5.73 Å². The summed E-state index contributed by atoms with van der Waals surface area (Å²) < 4.78 is 28.0. The van der Waals surface area contributed by atoms with Gasteiger partial charge in [-0.2, -0.15) is 0 Å². The topological polar surface area (TPSA) is 35.7 Å². The van der Waals surface area contributed by atoms with Gasteiger partial charge in [-0.05, 0) is 121 Å². The molecule has 1 heterocycles. The Bertz CT molecular complexity index is 1020. The molecule has 0 radical (unpaired) electrons. The normalized spacial score (nSPS) is 14.8. The molecule has 3 aromatic carbocycles. The lowest BCUT2D eigenvalue weighted by Crippen LogP contribution is -2.47. The third-order valence-electron chi connectivity index (χ3n) is 6.60. The molecule has 0 saturated carbocycles. The predicted octanol–water partition coefficient (Wildman–Crippen LogP) is 5.93. The fraction of sp³-hybridized carbons (Fsp3) is 0.357. The van der Waals surface area contributed by atoms with Gasteiger partial charge in [0.1, 0.15) is 11.6 Å². The first-order valence-corrected chi connectivity index (χ1v) is 13.3. The minimum absolute atomic E-state index is 0.256. The Balaban J connectivity index is 1.21. The van der Waals surface area contributed by atoms with Gasteiger partial charge in [-0.15, -0.1) is 0 Å². The number of anilines is 3. The molecule has 186 valence electrons. The molecule has 1 fully saturated rings. The molecule has 0 aliphatic carbocycles. The van der Waals surface area contributed by atoms with Gasteiger partial charge >= 0.3 is 0 Å². The van der Waals surface area contributed by atoms with Crippen LogP contribution in [0, 0.1) is 15.2 Å². The second kappa shape index (κ2) is 12.6. The maximum Gasteiger partial charge on any atom is 0.123 e. The van der Waals surface area contributed by atoms with Gasteiger partial charge in [0.2, 0.25) is 0 Å². The van der Waals surface area contributed by atoms with Gasteiger partial charge in [0.05, 0.1) is 0 Å². The highest BCUT2D eigenvalue weighted by Crippen LogP contribution is 2.26. The summed E-state index contributed by atoms with van der Waals surface area (Å²) in [6.07, 6.45) is 3.22. The van der Waals surface area contributed by atoms with Crippen molar-refractivity contribution in [3.8, 4) is 0 Å². The zero-order valence-electron chi connectivity index (χ0n) is 20.0. The molecule has 3 aromatic rings. The molecule has 7 heteroatoms. The molecule has 4 rings (SSSR count). The van der Waals surface area contributed by atoms with Crippen molar-refractivity contribution in [1.29, 1.82) is 0 Å². The van der Waals surface area contributed by atoms with Crippen LogP contribution in [0.2, 0.25) is 0 Å². The van der Waals surface area contributed by atoms with Crippen molar-refractivity contribution in [2.24, 2.45) is 0 Å². The average Bonchev–Trinajstić information content (AvgIpc) is 2.86. The molecular formula is C28H33F2IN4. The smallest absolute Gasteiger partial charge is 0.123 e. The molecule has 1 saturated heterocycles. The van der Waals surface area contributed by atoms with Crippen molar-refractivity contribution in [2.75, 3.05) is 56.4 Å². The minimum atomic E-state index is -0.256. The van der Waals surface area contributed by atoms with Gasteiger partial charge in [-0.1, -0.05) is 6.07 Å². The molecule has 4 nitrogen and oxygen atoms in total. The number of piperazine rings is 1. The lowest BCUT2D eigenvalue weighted by atomic mass is 10.1. The molecular weight excluding hydrogens is 557 g/mol. The number of hydrogen-bond donors (Lipinski definition) is 1. The quantitative estimate of drug-likeness (QED) is 0.235. The van der Waals surface area contributed by atoms with Crippen molar-refractivity contribution in [1.82, 2.24) is 9.80 Å². The van der Waals surface area contributed by atoms with E-state index in [1.807, 2.05) is 6.07 Å². The van der Waals surface area contributed by atoms with Crippen LogP contribution in [0.4, 0.5) is 25.8 Å². The number of nitrogen functional groups attached to an aromatic ring is 1. The van der Waals surface area contributed by atoms with E-state index in [1.54, 1.807) is 24.3 Å². The molecule has 0 amide bonds. The monoisotopic (exact) mass is 590 g/mol. The second-order valence-corrected chi connectivity index (χ2v) is 10.3. The Morgan fingerprint density at radius 3 is 1.77 bits per heavy atom. The minimum Gasteiger partial charge on any atom is -0.398 e. The number of aryl methyl sites for hydroxylation is 1. The first-order chi connectivity index (χ1) is 17.0. The van der Waals surface area contributed by atoms with E-state index in [1.165, 1.54) is 29.8 Å². The van der Waals surface area contributed by atoms with Gasteiger partial charge in [0.15, 0.2) is 0 Å². The molecule has 0 aromatic heterocycles. The highest BCUT2D eigenvalue weighted by atomic mass is 127. The summed E-state index contributed by atoms with van der Waals surface area (Å²) in [6, 6.07) is 19.3. The average molecular weight is 591 g/mol. The number of hydrogen-bond acceptors (Lipinski definition) is 4. The molecule has 35 heavy (non-hydrogen) atoms. The van der Waals surface area contributed by atoms with E-state index in [0.717, 1.165) is 85.7 Å². The SMILES string of the molecule is Nc1ccc(CCCN2CCN(CCCN(c3ccc(F)cc3)c3ccc(F)cc3)CC2)cc1I. The summed E-state index contributed by atoms with van der Waals surface area (Å²) >= 11 is 2.30. The van der Waals surface area contributed by atoms with E-state index < -0.39 is 0 Å². The Morgan fingerprint density at radius 2 is 1.26 bits per heavy atom. The predicted molar refractivity (Wildman–Crippen MR) is 149 cm³/mol. The van der Waals surface area contributed by atoms with Crippen molar-refractivity contribution in [2.45, 2.75) is 19.3 Å². The van der Waals surface area contributed by atoms with Gasteiger partial charge in [-0.3, -0.25) is 0 Å². The second-order valence-electron chi connectivity index (χ2n) is 9.10. The van der Waals surface area contributed by atoms with Crippen molar-refractivity contribution in [3.63, 3.8) is 0 Å². The maximum atomic E-state index is 13.4. The largest absolute Gasteiger partial charge is 0.398 e. The van der Waals surface area contributed by atoms with E-state index >= 15 is 0 Å². The number of rotatable bonds is 10. The Morgan fingerprint density at radius 1 is 0.743 bits per heavy atom. The third-order valence-corrected chi connectivity index (χ3v) is 7.54. The van der Waals surface area contributed by atoms with Crippen LogP contribution >= 0.6 is 22.6 Å². The van der Waals surface area contributed by atoms with Crippen LogP contribution < -0.4 is 10.6 Å². The van der Waals surface area contributed by atoms with Crippen LogP contribution in [0.3, 0.4) is 0 Å². The molecule has 1 aliphatic heterocycles. The third kappa shape index (κ3) is 7.62. The zero-order valence-corrected chi connectivity index (χ0v) is 22.1. The Kier molecular flexibility index (Phi) is 9.34. The van der Waals surface area contributed by atoms with Gasteiger partial charge in [0, 0.05) is 53.4 Å². The Labute approximate surface area is 220 Å². The zero-order chi connectivity index (χ0) is 24.6. The lowest BCUT2D eigenvalue weighted by molar-refractivity contribution is 0.131. The molecule has 0 spiro atoms. The maximum absolute atomic E-state index is 13.4. The molecule has 1 aliphatic rings. The molecule has 0 atom stereocenters. The van der Waals surface area contributed by atoms with Crippen LogP contribution in [-0.4, -0.2) is 55.6 Å². The van der Waals surface area contributed by atoms with E-state index in [9.17, 15) is 8.78 Å². The van der Waals surface area contributed by atoms with Gasteiger partial charge in [-0.25, -0.2) is 8.78 Å². The number of halogens is 3. The Hall–Kier alpha value is -2.23. The van der Waals surface area contributed by atoms with Crippen LogP contribution in [0.5, 0.6) is 0 Å². The van der Waals surface area contributed by atoms with Crippen LogP contribution in [0.25, 0.3) is 0 Å². The first kappa shape index (κ1) is 25.9. The van der Waals surface area contributed by atoms with Crippen molar-refractivity contribution >= 4 is 39.7 Å². The number of nitrogens with zero attached hydrogens (tertiary/aromatic N) is 3. The van der Waals surface area contributed by atoms with Crippen LogP contribution in [0.15, 0.2) is 66.7 Å². The van der Waals surface area contributed by atoms with E-state index in [-0.39, 0.29) is 11.6 Å². The summed E-state index contributed by atoms with van der Waals surface area (Å²) in [5, 5.41) is 0. The summed E-state index contributed by atoms with van der Waals surface area (Å²) in [6.45, 7) is 7.27. The molecule has 0 unspecified atom stereocenters. The van der Waals surface area contributed by atoms with Crippen LogP contribution in [-0.2, 0) is 6.42 Å². The summed E-state index contributed by atoms with van der Waals surface area (Å²) in [5.74, 6) is -0.511. The highest BCUT2D eigenvalue weighted by molar-refractivity contribution is 14.1. The molecule has 0 bridgehead atoms. The van der Waals surface area contributed by atoms with Gasteiger partial charge < -0.3 is 20.4 Å². The summed E-state index contributed by atoms with van der Waals surface area (Å²) in [5.41, 5.74) is 9.96. The highest BCUT2D eigenvalue weighted by Gasteiger charge is 2.17. The first-order valence-electron chi connectivity index (χ1n) is 12.3.